The molecule has 0 bridgehead atoms. The highest BCUT2D eigenvalue weighted by Gasteiger charge is 2.24. The molecule has 1 unspecified atom stereocenters. The summed E-state index contributed by atoms with van der Waals surface area (Å²) in [4.78, 5) is 26.5. The molecule has 0 saturated carbocycles. The van der Waals surface area contributed by atoms with Crippen molar-refractivity contribution in [3.8, 4) is 0 Å². The van der Waals surface area contributed by atoms with Crippen molar-refractivity contribution in [3.05, 3.63) is 33.7 Å². The number of likely N-dealkylation sites (N-methyl/N-ethyl adjacent to an activating group) is 1. The zero-order valence-electron chi connectivity index (χ0n) is 12.5. The van der Waals surface area contributed by atoms with Gasteiger partial charge in [0.2, 0.25) is 0 Å². The van der Waals surface area contributed by atoms with E-state index in [1.165, 1.54) is 6.07 Å². The van der Waals surface area contributed by atoms with E-state index in [0.29, 0.717) is 19.6 Å². The van der Waals surface area contributed by atoms with Crippen molar-refractivity contribution in [1.29, 1.82) is 0 Å². The molecule has 5 heteroatoms. The second-order valence-corrected chi connectivity index (χ2v) is 5.81. The first-order chi connectivity index (χ1) is 10.2. The molecule has 2 heterocycles. The van der Waals surface area contributed by atoms with Crippen LogP contribution in [0.1, 0.15) is 35.8 Å². The molecule has 0 N–H and O–H groups in total. The van der Waals surface area contributed by atoms with Crippen molar-refractivity contribution in [2.24, 2.45) is 0 Å². The van der Waals surface area contributed by atoms with Crippen LogP contribution in [0.5, 0.6) is 0 Å². The lowest BCUT2D eigenvalue weighted by molar-refractivity contribution is -0.0351. The van der Waals surface area contributed by atoms with E-state index in [1.54, 1.807) is 10.6 Å². The summed E-state index contributed by atoms with van der Waals surface area (Å²) < 4.78 is 7.56. The van der Waals surface area contributed by atoms with Gasteiger partial charge in [-0.15, -0.1) is 0 Å². The summed E-state index contributed by atoms with van der Waals surface area (Å²) in [6.45, 7) is 6.19. The number of hydrogen-bond donors (Lipinski definition) is 0. The lowest BCUT2D eigenvalue weighted by atomic mass is 9.94. The largest absolute Gasteiger partial charge is 0.374 e. The first kappa shape index (κ1) is 14.5. The van der Waals surface area contributed by atoms with E-state index in [-0.39, 0.29) is 17.4 Å². The van der Waals surface area contributed by atoms with E-state index < -0.39 is 0 Å². The fourth-order valence-corrected chi connectivity index (χ4v) is 3.28. The standard InChI is InChI=1S/C16H22N2O3/c1-2-17-8-9-21-12(10-17)11-18-14-4-3-5-15(19)13(14)6-7-16(18)20/h6-7,12H,2-5,8-11H2,1H3. The zero-order chi connectivity index (χ0) is 14.8. The molecule has 0 aromatic carbocycles. The van der Waals surface area contributed by atoms with E-state index >= 15 is 0 Å². The summed E-state index contributed by atoms with van der Waals surface area (Å²) in [7, 11) is 0. The zero-order valence-corrected chi connectivity index (χ0v) is 12.5. The van der Waals surface area contributed by atoms with Crippen LogP contribution in [0.2, 0.25) is 0 Å². The average Bonchev–Trinajstić information content (AvgIpc) is 2.51. The third-order valence-corrected chi connectivity index (χ3v) is 4.47. The van der Waals surface area contributed by atoms with Gasteiger partial charge in [-0.3, -0.25) is 14.5 Å². The molecule has 0 amide bonds. The summed E-state index contributed by atoms with van der Waals surface area (Å²) in [6, 6.07) is 3.21. The van der Waals surface area contributed by atoms with Crippen LogP contribution in [0.15, 0.2) is 16.9 Å². The molecule has 114 valence electrons. The third-order valence-electron chi connectivity index (χ3n) is 4.47. The Bertz CT molecular complexity index is 594. The number of fused-ring (bicyclic) bond motifs is 1. The maximum atomic E-state index is 12.2. The van der Waals surface area contributed by atoms with Gasteiger partial charge in [-0.1, -0.05) is 6.92 Å². The number of morpholine rings is 1. The van der Waals surface area contributed by atoms with Crippen LogP contribution in [-0.4, -0.2) is 47.6 Å². The van der Waals surface area contributed by atoms with Gasteiger partial charge < -0.3 is 9.30 Å². The lowest BCUT2D eigenvalue weighted by Gasteiger charge is -2.33. The fourth-order valence-electron chi connectivity index (χ4n) is 3.28. The van der Waals surface area contributed by atoms with Crippen LogP contribution in [0, 0.1) is 0 Å². The van der Waals surface area contributed by atoms with Crippen molar-refractivity contribution in [2.45, 2.75) is 38.8 Å². The minimum Gasteiger partial charge on any atom is -0.374 e. The number of carbonyl (C=O) groups is 1. The lowest BCUT2D eigenvalue weighted by Crippen LogP contribution is -2.45. The fraction of sp³-hybridized carbons (Fsp3) is 0.625. The molecule has 3 rings (SSSR count). The minimum absolute atomic E-state index is 0.0272. The first-order valence-corrected chi connectivity index (χ1v) is 7.79. The molecule has 1 aliphatic carbocycles. The molecule has 1 aliphatic heterocycles. The molecule has 0 spiro atoms. The molecule has 1 saturated heterocycles. The molecular formula is C16H22N2O3. The Hall–Kier alpha value is -1.46. The second kappa shape index (κ2) is 6.12. The number of rotatable bonds is 3. The Morgan fingerprint density at radius 1 is 1.29 bits per heavy atom. The van der Waals surface area contributed by atoms with E-state index in [1.807, 2.05) is 0 Å². The van der Waals surface area contributed by atoms with Gasteiger partial charge >= 0.3 is 0 Å². The smallest absolute Gasteiger partial charge is 0.250 e. The Balaban J connectivity index is 1.86. The van der Waals surface area contributed by atoms with Gasteiger partial charge in [-0.25, -0.2) is 0 Å². The highest BCUT2D eigenvalue weighted by molar-refractivity contribution is 5.97. The van der Waals surface area contributed by atoms with Gasteiger partial charge in [0.25, 0.3) is 5.56 Å². The summed E-state index contributed by atoms with van der Waals surface area (Å²) >= 11 is 0. The quantitative estimate of drug-likeness (QED) is 0.836. The van der Waals surface area contributed by atoms with Crippen molar-refractivity contribution < 1.29 is 9.53 Å². The van der Waals surface area contributed by atoms with Gasteiger partial charge in [0.1, 0.15) is 0 Å². The number of aromatic nitrogens is 1. The average molecular weight is 290 g/mol. The number of Topliss-reactive ketones (excluding diaryl/α,β-unsaturated/α-hetero) is 1. The van der Waals surface area contributed by atoms with Crippen LogP contribution in [0.3, 0.4) is 0 Å². The number of hydrogen-bond acceptors (Lipinski definition) is 4. The van der Waals surface area contributed by atoms with Crippen molar-refractivity contribution in [3.63, 3.8) is 0 Å². The van der Waals surface area contributed by atoms with Gasteiger partial charge in [0.15, 0.2) is 5.78 Å². The Morgan fingerprint density at radius 3 is 2.95 bits per heavy atom. The van der Waals surface area contributed by atoms with E-state index in [9.17, 15) is 9.59 Å². The second-order valence-electron chi connectivity index (χ2n) is 5.81. The Morgan fingerprint density at radius 2 is 2.14 bits per heavy atom. The van der Waals surface area contributed by atoms with Crippen molar-refractivity contribution in [2.75, 3.05) is 26.2 Å². The summed E-state index contributed by atoms with van der Waals surface area (Å²) in [5.74, 6) is 0.157. The normalized spacial score (nSPS) is 23.1. The van der Waals surface area contributed by atoms with Crippen molar-refractivity contribution in [1.82, 2.24) is 9.47 Å². The molecule has 5 nitrogen and oxygen atoms in total. The van der Waals surface area contributed by atoms with Gasteiger partial charge in [-0.2, -0.15) is 0 Å². The van der Waals surface area contributed by atoms with Crippen LogP contribution in [-0.2, 0) is 17.7 Å². The highest BCUT2D eigenvalue weighted by Crippen LogP contribution is 2.20. The van der Waals surface area contributed by atoms with Crippen LogP contribution in [0.25, 0.3) is 0 Å². The molecule has 1 fully saturated rings. The predicted octanol–water partition coefficient (Wildman–Crippen LogP) is 1.09. The molecule has 0 radical (unpaired) electrons. The molecular weight excluding hydrogens is 268 g/mol. The number of ether oxygens (including phenoxy) is 1. The van der Waals surface area contributed by atoms with Gasteiger partial charge in [0.05, 0.1) is 19.3 Å². The Labute approximate surface area is 124 Å². The number of ketones is 1. The molecule has 1 aromatic rings. The minimum atomic E-state index is -0.0272. The number of pyridine rings is 1. The van der Waals surface area contributed by atoms with Crippen LogP contribution in [0.4, 0.5) is 0 Å². The van der Waals surface area contributed by atoms with Crippen LogP contribution >= 0.6 is 0 Å². The first-order valence-electron chi connectivity index (χ1n) is 7.79. The number of carbonyl (C=O) groups excluding carboxylic acids is 1. The van der Waals surface area contributed by atoms with Gasteiger partial charge in [0, 0.05) is 36.8 Å². The van der Waals surface area contributed by atoms with E-state index in [0.717, 1.165) is 43.7 Å². The summed E-state index contributed by atoms with van der Waals surface area (Å²) in [6.07, 6.45) is 2.26. The SMILES string of the molecule is CCN1CCOC(Cn2c3c(ccc2=O)C(=O)CCC3)C1. The van der Waals surface area contributed by atoms with Crippen molar-refractivity contribution >= 4 is 5.78 Å². The maximum Gasteiger partial charge on any atom is 0.250 e. The molecule has 1 atom stereocenters. The predicted molar refractivity (Wildman–Crippen MR) is 79.8 cm³/mol. The topological polar surface area (TPSA) is 51.5 Å². The molecule has 1 aromatic heterocycles. The Kier molecular flexibility index (Phi) is 4.22. The molecule has 21 heavy (non-hydrogen) atoms. The summed E-state index contributed by atoms with van der Waals surface area (Å²) in [5.41, 5.74) is 1.60. The maximum absolute atomic E-state index is 12.2. The monoisotopic (exact) mass is 290 g/mol. The molecule has 2 aliphatic rings. The van der Waals surface area contributed by atoms with Gasteiger partial charge in [-0.05, 0) is 25.5 Å². The van der Waals surface area contributed by atoms with Crippen LogP contribution < -0.4 is 5.56 Å². The summed E-state index contributed by atoms with van der Waals surface area (Å²) in [5, 5.41) is 0. The third kappa shape index (κ3) is 2.94. The van der Waals surface area contributed by atoms with E-state index in [4.69, 9.17) is 4.74 Å². The highest BCUT2D eigenvalue weighted by atomic mass is 16.5. The van der Waals surface area contributed by atoms with E-state index in [2.05, 4.69) is 11.8 Å². The number of nitrogens with zero attached hydrogens (tertiary/aromatic N) is 2.